The second kappa shape index (κ2) is 9.55. The summed E-state index contributed by atoms with van der Waals surface area (Å²) in [5, 5.41) is 23.9. The number of nitrogens with zero attached hydrogens (tertiary/aromatic N) is 2. The molecule has 1 aromatic carbocycles. The lowest BCUT2D eigenvalue weighted by Crippen LogP contribution is -2.37. The fourth-order valence-corrected chi connectivity index (χ4v) is 2.30. The molecule has 1 aromatic rings. The second-order valence-corrected chi connectivity index (χ2v) is 5.43. The maximum atomic E-state index is 12.0. The van der Waals surface area contributed by atoms with Crippen molar-refractivity contribution in [3.8, 4) is 11.8 Å². The average molecular weight is 330 g/mol. The Balaban J connectivity index is 1.73. The van der Waals surface area contributed by atoms with E-state index in [1.807, 2.05) is 6.07 Å². The van der Waals surface area contributed by atoms with E-state index in [1.54, 1.807) is 12.1 Å². The van der Waals surface area contributed by atoms with Crippen LogP contribution < -0.4 is 10.6 Å². The largest absolute Gasteiger partial charge is 0.508 e. The van der Waals surface area contributed by atoms with Crippen LogP contribution >= 0.6 is 0 Å². The van der Waals surface area contributed by atoms with E-state index in [4.69, 9.17) is 10.00 Å². The maximum absolute atomic E-state index is 12.0. The number of hydrogen-bond acceptors (Lipinski definition) is 6. The summed E-state index contributed by atoms with van der Waals surface area (Å²) in [5.74, 6) is -0.366. The third kappa shape index (κ3) is 5.91. The monoisotopic (exact) mass is 330 g/mol. The molecule has 128 valence electrons. The van der Waals surface area contributed by atoms with Crippen LogP contribution in [0.5, 0.6) is 5.75 Å². The number of phenols is 1. The minimum atomic E-state index is -0.483. The van der Waals surface area contributed by atoms with E-state index in [1.165, 1.54) is 18.3 Å². The number of phenolic OH excluding ortho intramolecular Hbond substituents is 1. The van der Waals surface area contributed by atoms with Gasteiger partial charge in [-0.15, -0.1) is 0 Å². The van der Waals surface area contributed by atoms with Gasteiger partial charge in [-0.1, -0.05) is 0 Å². The predicted octanol–water partition coefficient (Wildman–Crippen LogP) is 1.05. The highest BCUT2D eigenvalue weighted by Crippen LogP contribution is 2.14. The highest BCUT2D eigenvalue weighted by Gasteiger charge is 2.10. The van der Waals surface area contributed by atoms with Gasteiger partial charge in [0, 0.05) is 31.5 Å². The SMILES string of the molecule is N#C/C(=C/NCCCN1CCOCC1)C(=O)Nc1ccc(O)cc1. The Bertz CT molecular complexity index is 601. The molecule has 2 rings (SSSR count). The molecule has 0 aliphatic carbocycles. The fourth-order valence-electron chi connectivity index (χ4n) is 2.30. The predicted molar refractivity (Wildman–Crippen MR) is 90.3 cm³/mol. The summed E-state index contributed by atoms with van der Waals surface area (Å²) < 4.78 is 5.29. The highest BCUT2D eigenvalue weighted by molar-refractivity contribution is 6.06. The summed E-state index contributed by atoms with van der Waals surface area (Å²) in [6.45, 7) is 5.12. The number of aromatic hydroxyl groups is 1. The molecule has 7 heteroatoms. The lowest BCUT2D eigenvalue weighted by molar-refractivity contribution is -0.112. The van der Waals surface area contributed by atoms with E-state index in [-0.39, 0.29) is 11.3 Å². The fraction of sp³-hybridized carbons (Fsp3) is 0.412. The topological polar surface area (TPSA) is 97.6 Å². The summed E-state index contributed by atoms with van der Waals surface area (Å²) in [6, 6.07) is 7.95. The Labute approximate surface area is 141 Å². The number of carbonyl (C=O) groups is 1. The summed E-state index contributed by atoms with van der Waals surface area (Å²) in [7, 11) is 0. The molecule has 0 atom stereocenters. The van der Waals surface area contributed by atoms with Crippen molar-refractivity contribution in [3.63, 3.8) is 0 Å². The molecule has 1 aliphatic rings. The number of hydrogen-bond donors (Lipinski definition) is 3. The van der Waals surface area contributed by atoms with Gasteiger partial charge in [0.2, 0.25) is 0 Å². The van der Waals surface area contributed by atoms with Crippen molar-refractivity contribution in [1.29, 1.82) is 5.26 Å². The van der Waals surface area contributed by atoms with E-state index in [2.05, 4.69) is 15.5 Å². The molecule has 24 heavy (non-hydrogen) atoms. The number of carbonyl (C=O) groups excluding carboxylic acids is 1. The normalized spacial score (nSPS) is 15.5. The van der Waals surface area contributed by atoms with Crippen LogP contribution in [-0.4, -0.2) is 55.3 Å². The van der Waals surface area contributed by atoms with Gasteiger partial charge in [0.1, 0.15) is 17.4 Å². The first-order valence-electron chi connectivity index (χ1n) is 7.93. The zero-order valence-corrected chi connectivity index (χ0v) is 13.5. The van der Waals surface area contributed by atoms with Gasteiger partial charge in [0.15, 0.2) is 0 Å². The smallest absolute Gasteiger partial charge is 0.267 e. The third-order valence-corrected chi connectivity index (χ3v) is 3.64. The maximum Gasteiger partial charge on any atom is 0.267 e. The summed E-state index contributed by atoms with van der Waals surface area (Å²) >= 11 is 0. The van der Waals surface area contributed by atoms with E-state index in [9.17, 15) is 9.90 Å². The summed E-state index contributed by atoms with van der Waals surface area (Å²) in [5.41, 5.74) is 0.528. The first-order valence-corrected chi connectivity index (χ1v) is 7.93. The molecule has 1 fully saturated rings. The minimum absolute atomic E-state index is 0.00875. The molecule has 0 saturated carbocycles. The number of rotatable bonds is 7. The minimum Gasteiger partial charge on any atom is -0.508 e. The Morgan fingerprint density at radius 2 is 2.04 bits per heavy atom. The number of morpholine rings is 1. The molecule has 0 unspecified atom stereocenters. The van der Waals surface area contributed by atoms with Crippen molar-refractivity contribution in [2.24, 2.45) is 0 Å². The Morgan fingerprint density at radius 3 is 2.71 bits per heavy atom. The van der Waals surface area contributed by atoms with E-state index in [0.717, 1.165) is 39.3 Å². The first-order chi connectivity index (χ1) is 11.7. The van der Waals surface area contributed by atoms with Crippen molar-refractivity contribution >= 4 is 11.6 Å². The van der Waals surface area contributed by atoms with Gasteiger partial charge < -0.3 is 20.5 Å². The Morgan fingerprint density at radius 1 is 1.33 bits per heavy atom. The van der Waals surface area contributed by atoms with E-state index < -0.39 is 5.91 Å². The molecular formula is C17H22N4O3. The van der Waals surface area contributed by atoms with Crippen molar-refractivity contribution < 1.29 is 14.6 Å². The van der Waals surface area contributed by atoms with Crippen LogP contribution in [-0.2, 0) is 9.53 Å². The van der Waals surface area contributed by atoms with Crippen molar-refractivity contribution in [3.05, 3.63) is 36.0 Å². The molecular weight excluding hydrogens is 308 g/mol. The van der Waals surface area contributed by atoms with Crippen LogP contribution in [0.2, 0.25) is 0 Å². The second-order valence-electron chi connectivity index (χ2n) is 5.43. The van der Waals surface area contributed by atoms with Gasteiger partial charge in [-0.05, 0) is 37.2 Å². The van der Waals surface area contributed by atoms with E-state index in [0.29, 0.717) is 12.2 Å². The number of benzene rings is 1. The number of nitrogens with one attached hydrogen (secondary N) is 2. The average Bonchev–Trinajstić information content (AvgIpc) is 2.61. The molecule has 0 spiro atoms. The third-order valence-electron chi connectivity index (χ3n) is 3.64. The van der Waals surface area contributed by atoms with Crippen LogP contribution in [0.1, 0.15) is 6.42 Å². The molecule has 1 heterocycles. The Kier molecular flexibility index (Phi) is 7.08. The van der Waals surface area contributed by atoms with Gasteiger partial charge in [-0.3, -0.25) is 9.69 Å². The molecule has 0 aromatic heterocycles. The lowest BCUT2D eigenvalue weighted by Gasteiger charge is -2.26. The van der Waals surface area contributed by atoms with Crippen molar-refractivity contribution in [2.75, 3.05) is 44.7 Å². The molecule has 1 saturated heterocycles. The van der Waals surface area contributed by atoms with Crippen LogP contribution in [0, 0.1) is 11.3 Å². The standard InChI is InChI=1S/C17H22N4O3/c18-12-14(17(23)20-15-2-4-16(22)5-3-15)13-19-6-1-7-21-8-10-24-11-9-21/h2-5,13,19,22H,1,6-11H2,(H,20,23)/b14-13-. The quantitative estimate of drug-likeness (QED) is 0.299. The van der Waals surface area contributed by atoms with Crippen LogP contribution in [0.25, 0.3) is 0 Å². The van der Waals surface area contributed by atoms with Gasteiger partial charge in [0.25, 0.3) is 5.91 Å². The number of amides is 1. The van der Waals surface area contributed by atoms with Crippen LogP contribution in [0.3, 0.4) is 0 Å². The van der Waals surface area contributed by atoms with Gasteiger partial charge in [-0.25, -0.2) is 0 Å². The number of anilines is 1. The lowest BCUT2D eigenvalue weighted by atomic mass is 10.2. The van der Waals surface area contributed by atoms with Crippen LogP contribution in [0.15, 0.2) is 36.0 Å². The summed E-state index contributed by atoms with van der Waals surface area (Å²) in [4.78, 5) is 14.3. The molecule has 1 amide bonds. The zero-order chi connectivity index (χ0) is 17.2. The molecule has 0 bridgehead atoms. The highest BCUT2D eigenvalue weighted by atomic mass is 16.5. The Hall–Kier alpha value is -2.56. The summed E-state index contributed by atoms with van der Waals surface area (Å²) in [6.07, 6.45) is 2.36. The molecule has 0 radical (unpaired) electrons. The number of nitriles is 1. The van der Waals surface area contributed by atoms with Gasteiger partial charge in [0.05, 0.1) is 13.2 Å². The zero-order valence-electron chi connectivity index (χ0n) is 13.5. The number of ether oxygens (including phenoxy) is 1. The molecule has 7 nitrogen and oxygen atoms in total. The van der Waals surface area contributed by atoms with E-state index >= 15 is 0 Å². The first kappa shape index (κ1) is 17.8. The van der Waals surface area contributed by atoms with Crippen LogP contribution in [0.4, 0.5) is 5.69 Å². The van der Waals surface area contributed by atoms with Gasteiger partial charge in [-0.2, -0.15) is 5.26 Å². The van der Waals surface area contributed by atoms with Crippen molar-refractivity contribution in [1.82, 2.24) is 10.2 Å². The van der Waals surface area contributed by atoms with Gasteiger partial charge >= 0.3 is 0 Å². The molecule has 3 N–H and O–H groups in total. The van der Waals surface area contributed by atoms with Crippen molar-refractivity contribution in [2.45, 2.75) is 6.42 Å². The molecule has 1 aliphatic heterocycles.